The average Bonchev–Trinajstić information content (AvgIpc) is 2.54. The fourth-order valence-electron chi connectivity index (χ4n) is 2.70. The van der Waals surface area contributed by atoms with Crippen molar-refractivity contribution in [1.82, 2.24) is 5.32 Å². The van der Waals surface area contributed by atoms with Gasteiger partial charge in [-0.25, -0.2) is 4.79 Å². The van der Waals surface area contributed by atoms with Crippen molar-refractivity contribution >= 4 is 23.5 Å². The summed E-state index contributed by atoms with van der Waals surface area (Å²) in [7, 11) is 0. The van der Waals surface area contributed by atoms with E-state index < -0.39 is 11.5 Å². The lowest BCUT2D eigenvalue weighted by atomic mass is 9.86. The summed E-state index contributed by atoms with van der Waals surface area (Å²) in [5.74, 6) is -1.51. The van der Waals surface area contributed by atoms with Crippen molar-refractivity contribution in [1.29, 1.82) is 0 Å². The van der Waals surface area contributed by atoms with Gasteiger partial charge in [0.25, 0.3) is 0 Å². The van der Waals surface area contributed by atoms with E-state index in [1.54, 1.807) is 31.2 Å². The summed E-state index contributed by atoms with van der Waals surface area (Å²) in [5.41, 5.74) is -0.910. The Hall–Kier alpha value is -1.59. The van der Waals surface area contributed by atoms with Crippen LogP contribution in [0.15, 0.2) is 24.3 Å². The van der Waals surface area contributed by atoms with E-state index in [0.717, 1.165) is 0 Å². The summed E-state index contributed by atoms with van der Waals surface area (Å²) in [6.07, 6.45) is 1.48. The first kappa shape index (κ1) is 16.8. The summed E-state index contributed by atoms with van der Waals surface area (Å²) in [4.78, 5) is 24.3. The maximum atomic E-state index is 12.5. The minimum Gasteiger partial charge on any atom is -0.479 e. The van der Waals surface area contributed by atoms with Crippen LogP contribution in [0.4, 0.5) is 0 Å². The van der Waals surface area contributed by atoms with Crippen molar-refractivity contribution in [2.24, 2.45) is 5.92 Å². The number of aliphatic carboxylic acids is 1. The van der Waals surface area contributed by atoms with Gasteiger partial charge in [-0.05, 0) is 37.0 Å². The molecular weight excluding hydrogens is 306 g/mol. The van der Waals surface area contributed by atoms with Gasteiger partial charge in [-0.15, -0.1) is 0 Å². The predicted octanol–water partition coefficient (Wildman–Crippen LogP) is 2.57. The maximum absolute atomic E-state index is 12.5. The molecule has 0 saturated carbocycles. The van der Waals surface area contributed by atoms with E-state index in [2.05, 4.69) is 5.32 Å². The summed E-state index contributed by atoms with van der Waals surface area (Å²) in [5, 5.41) is 13.0. The highest BCUT2D eigenvalue weighted by Crippen LogP contribution is 2.28. The Labute approximate surface area is 134 Å². The van der Waals surface area contributed by atoms with E-state index in [0.29, 0.717) is 36.6 Å². The van der Waals surface area contributed by atoms with Gasteiger partial charge in [0.2, 0.25) is 5.91 Å². The van der Waals surface area contributed by atoms with Gasteiger partial charge in [-0.2, -0.15) is 0 Å². The maximum Gasteiger partial charge on any atom is 0.334 e. The molecular formula is C16H20ClNO4. The van der Waals surface area contributed by atoms with Gasteiger partial charge in [-0.1, -0.05) is 30.7 Å². The molecule has 0 aliphatic carbocycles. The highest BCUT2D eigenvalue weighted by Gasteiger charge is 2.41. The Morgan fingerprint density at radius 3 is 2.41 bits per heavy atom. The van der Waals surface area contributed by atoms with Crippen LogP contribution in [0.1, 0.15) is 31.7 Å². The van der Waals surface area contributed by atoms with Gasteiger partial charge >= 0.3 is 5.97 Å². The van der Waals surface area contributed by atoms with Gasteiger partial charge in [-0.3, -0.25) is 4.79 Å². The summed E-state index contributed by atoms with van der Waals surface area (Å²) in [6, 6.07) is 6.55. The third-order valence-electron chi connectivity index (χ3n) is 4.16. The Morgan fingerprint density at radius 2 is 1.91 bits per heavy atom. The number of amides is 1. The lowest BCUT2D eigenvalue weighted by Gasteiger charge is -2.32. The second-order valence-electron chi connectivity index (χ2n) is 5.45. The highest BCUT2D eigenvalue weighted by atomic mass is 35.5. The van der Waals surface area contributed by atoms with Crippen molar-refractivity contribution in [2.45, 2.75) is 31.7 Å². The molecule has 0 radical (unpaired) electrons. The van der Waals surface area contributed by atoms with Crippen LogP contribution in [0, 0.1) is 5.92 Å². The molecule has 1 unspecified atom stereocenters. The third kappa shape index (κ3) is 3.42. The second-order valence-corrected chi connectivity index (χ2v) is 5.88. The quantitative estimate of drug-likeness (QED) is 0.872. The molecule has 2 rings (SSSR count). The number of carbonyl (C=O) groups is 2. The van der Waals surface area contributed by atoms with E-state index in [-0.39, 0.29) is 18.2 Å². The molecule has 2 N–H and O–H groups in total. The zero-order valence-corrected chi connectivity index (χ0v) is 13.2. The molecule has 5 nitrogen and oxygen atoms in total. The van der Waals surface area contributed by atoms with Crippen molar-refractivity contribution in [3.8, 4) is 0 Å². The molecule has 1 aliphatic heterocycles. The first-order valence-corrected chi connectivity index (χ1v) is 7.76. The van der Waals surface area contributed by atoms with E-state index in [9.17, 15) is 14.7 Å². The third-order valence-corrected chi connectivity index (χ3v) is 4.41. The molecule has 1 aromatic carbocycles. The largest absolute Gasteiger partial charge is 0.479 e. The van der Waals surface area contributed by atoms with Crippen LogP contribution in [0.3, 0.4) is 0 Å². The number of halogens is 1. The monoisotopic (exact) mass is 325 g/mol. The van der Waals surface area contributed by atoms with Gasteiger partial charge in [0.05, 0.1) is 0 Å². The molecule has 1 aromatic rings. The SMILES string of the molecule is CCC(NC(=O)C1CCOCC1)(C(=O)O)c1ccc(Cl)cc1. The van der Waals surface area contributed by atoms with Crippen molar-refractivity contribution < 1.29 is 19.4 Å². The Bertz CT molecular complexity index is 540. The van der Waals surface area contributed by atoms with Crippen molar-refractivity contribution in [2.75, 3.05) is 13.2 Å². The van der Waals surface area contributed by atoms with E-state index in [4.69, 9.17) is 16.3 Å². The molecule has 1 aliphatic rings. The minimum absolute atomic E-state index is 0.202. The summed E-state index contributed by atoms with van der Waals surface area (Å²) < 4.78 is 5.24. The number of rotatable bonds is 5. The number of carbonyl (C=O) groups excluding carboxylic acids is 1. The van der Waals surface area contributed by atoms with Crippen LogP contribution in [0.5, 0.6) is 0 Å². The number of hydrogen-bond donors (Lipinski definition) is 2. The van der Waals surface area contributed by atoms with Crippen LogP contribution in [-0.4, -0.2) is 30.2 Å². The Kier molecular flexibility index (Phi) is 5.42. The number of hydrogen-bond acceptors (Lipinski definition) is 3. The first-order valence-electron chi connectivity index (χ1n) is 7.39. The number of nitrogens with one attached hydrogen (secondary N) is 1. The van der Waals surface area contributed by atoms with Crippen LogP contribution in [0.25, 0.3) is 0 Å². The predicted molar refractivity (Wildman–Crippen MR) is 82.7 cm³/mol. The lowest BCUT2D eigenvalue weighted by Crippen LogP contribution is -2.53. The number of ether oxygens (including phenoxy) is 1. The van der Waals surface area contributed by atoms with Gasteiger partial charge < -0.3 is 15.2 Å². The zero-order valence-electron chi connectivity index (χ0n) is 12.5. The van der Waals surface area contributed by atoms with Crippen LogP contribution in [0.2, 0.25) is 5.02 Å². The minimum atomic E-state index is -1.43. The zero-order chi connectivity index (χ0) is 16.2. The number of benzene rings is 1. The molecule has 1 saturated heterocycles. The van der Waals surface area contributed by atoms with Crippen LogP contribution < -0.4 is 5.32 Å². The van der Waals surface area contributed by atoms with E-state index in [1.165, 1.54) is 0 Å². The summed E-state index contributed by atoms with van der Waals surface area (Å²) >= 11 is 5.86. The van der Waals surface area contributed by atoms with Crippen LogP contribution in [-0.2, 0) is 19.9 Å². The molecule has 120 valence electrons. The highest BCUT2D eigenvalue weighted by molar-refractivity contribution is 6.30. The van der Waals surface area contributed by atoms with E-state index in [1.807, 2.05) is 0 Å². The second kappa shape index (κ2) is 7.11. The fourth-order valence-corrected chi connectivity index (χ4v) is 2.83. The molecule has 22 heavy (non-hydrogen) atoms. The van der Waals surface area contributed by atoms with Crippen molar-refractivity contribution in [3.63, 3.8) is 0 Å². The average molecular weight is 326 g/mol. The number of carboxylic acids is 1. The standard InChI is InChI=1S/C16H20ClNO4/c1-2-16(15(20)21,12-3-5-13(17)6-4-12)18-14(19)11-7-9-22-10-8-11/h3-6,11H,2,7-10H2,1H3,(H,18,19)(H,20,21). The topological polar surface area (TPSA) is 75.6 Å². The lowest BCUT2D eigenvalue weighted by molar-refractivity contribution is -0.149. The molecule has 6 heteroatoms. The fraction of sp³-hybridized carbons (Fsp3) is 0.500. The Morgan fingerprint density at radius 1 is 1.32 bits per heavy atom. The van der Waals surface area contributed by atoms with Gasteiger partial charge in [0, 0.05) is 24.2 Å². The normalized spacial score (nSPS) is 18.5. The van der Waals surface area contributed by atoms with Gasteiger partial charge in [0.15, 0.2) is 5.54 Å². The molecule has 0 spiro atoms. The van der Waals surface area contributed by atoms with E-state index >= 15 is 0 Å². The van der Waals surface area contributed by atoms with Gasteiger partial charge in [0.1, 0.15) is 0 Å². The molecule has 1 atom stereocenters. The molecule has 1 fully saturated rings. The Balaban J connectivity index is 2.27. The smallest absolute Gasteiger partial charge is 0.334 e. The van der Waals surface area contributed by atoms with Crippen LogP contribution >= 0.6 is 11.6 Å². The first-order chi connectivity index (χ1) is 10.5. The molecule has 1 heterocycles. The molecule has 0 aromatic heterocycles. The molecule has 1 amide bonds. The summed E-state index contributed by atoms with van der Waals surface area (Å²) in [6.45, 7) is 2.81. The van der Waals surface area contributed by atoms with Crippen molar-refractivity contribution in [3.05, 3.63) is 34.9 Å². The molecule has 0 bridgehead atoms. The number of carboxylic acid groups (broad SMARTS) is 1.